The summed E-state index contributed by atoms with van der Waals surface area (Å²) in [4.78, 5) is 11.0. The van der Waals surface area contributed by atoms with Crippen LogP contribution in [0.4, 0.5) is 5.95 Å². The fourth-order valence-corrected chi connectivity index (χ4v) is 2.11. The number of hydrogen-bond donors (Lipinski definition) is 0. The summed E-state index contributed by atoms with van der Waals surface area (Å²) in [6.07, 6.45) is 1.74. The van der Waals surface area contributed by atoms with Crippen LogP contribution in [0.1, 0.15) is 27.7 Å². The number of aromatic nitrogens is 2. The molecule has 0 aromatic carbocycles. The van der Waals surface area contributed by atoms with Crippen molar-refractivity contribution < 1.29 is 4.74 Å². The number of methoxy groups -OCH3 is 1. The fourth-order valence-electron chi connectivity index (χ4n) is 1.76. The van der Waals surface area contributed by atoms with Crippen LogP contribution in [0.5, 0.6) is 5.88 Å². The average molecular weight is 316 g/mol. The summed E-state index contributed by atoms with van der Waals surface area (Å²) in [5.41, 5.74) is 0. The van der Waals surface area contributed by atoms with Gasteiger partial charge in [0.05, 0.1) is 17.8 Å². The third-order valence-corrected chi connectivity index (χ3v) is 2.89. The van der Waals surface area contributed by atoms with E-state index in [2.05, 4.69) is 58.5 Å². The minimum absolute atomic E-state index is 0.571. The van der Waals surface area contributed by atoms with Gasteiger partial charge in [0.25, 0.3) is 0 Å². The predicted molar refractivity (Wildman–Crippen MR) is 78.2 cm³/mol. The Morgan fingerprint density at radius 1 is 1.22 bits per heavy atom. The Bertz CT molecular complexity index is 372. The van der Waals surface area contributed by atoms with E-state index >= 15 is 0 Å². The first-order valence-corrected chi connectivity index (χ1v) is 7.04. The molecule has 0 N–H and O–H groups in total. The molecule has 0 saturated carbocycles. The number of nitrogens with zero attached hydrogens (tertiary/aromatic N) is 3. The lowest BCUT2D eigenvalue weighted by Gasteiger charge is -2.26. The first-order chi connectivity index (χ1) is 8.43. The van der Waals surface area contributed by atoms with E-state index in [0.717, 1.165) is 23.5 Å². The van der Waals surface area contributed by atoms with Gasteiger partial charge >= 0.3 is 0 Å². The van der Waals surface area contributed by atoms with Gasteiger partial charge in [-0.15, -0.1) is 0 Å². The third-order valence-electron chi connectivity index (χ3n) is 2.35. The largest absolute Gasteiger partial charge is 0.480 e. The molecule has 4 nitrogen and oxygen atoms in total. The van der Waals surface area contributed by atoms with Gasteiger partial charge in [0.1, 0.15) is 0 Å². The predicted octanol–water partition coefficient (Wildman–Crippen LogP) is 3.37. The van der Waals surface area contributed by atoms with Crippen molar-refractivity contribution in [3.63, 3.8) is 0 Å². The second kappa shape index (κ2) is 6.92. The molecule has 1 aromatic heterocycles. The maximum atomic E-state index is 5.22. The zero-order chi connectivity index (χ0) is 13.7. The van der Waals surface area contributed by atoms with Crippen LogP contribution in [0, 0.1) is 11.8 Å². The monoisotopic (exact) mass is 315 g/mol. The van der Waals surface area contributed by atoms with Gasteiger partial charge in [0.15, 0.2) is 0 Å². The van der Waals surface area contributed by atoms with E-state index in [-0.39, 0.29) is 0 Å². The van der Waals surface area contributed by atoms with Crippen molar-refractivity contribution in [2.24, 2.45) is 11.8 Å². The van der Waals surface area contributed by atoms with Gasteiger partial charge < -0.3 is 9.64 Å². The molecule has 18 heavy (non-hydrogen) atoms. The summed E-state index contributed by atoms with van der Waals surface area (Å²) in [5, 5.41) is 0. The quantitative estimate of drug-likeness (QED) is 0.806. The standard InChI is InChI=1S/C13H22BrN3O/c1-9(2)7-17(8-10(3)4)13-15-6-11(14)12(16-13)18-5/h6,9-10H,7-8H2,1-5H3. The first-order valence-electron chi connectivity index (χ1n) is 6.25. The maximum Gasteiger partial charge on any atom is 0.232 e. The van der Waals surface area contributed by atoms with Crippen LogP contribution < -0.4 is 9.64 Å². The Morgan fingerprint density at radius 2 is 1.78 bits per heavy atom. The van der Waals surface area contributed by atoms with E-state index in [4.69, 9.17) is 4.74 Å². The van der Waals surface area contributed by atoms with Crippen LogP contribution in [0.15, 0.2) is 10.7 Å². The van der Waals surface area contributed by atoms with Crippen LogP contribution in [-0.4, -0.2) is 30.2 Å². The number of rotatable bonds is 6. The lowest BCUT2D eigenvalue weighted by molar-refractivity contribution is 0.393. The van der Waals surface area contributed by atoms with Crippen molar-refractivity contribution >= 4 is 21.9 Å². The lowest BCUT2D eigenvalue weighted by Crippen LogP contribution is -2.32. The minimum atomic E-state index is 0.571. The van der Waals surface area contributed by atoms with E-state index in [1.54, 1.807) is 13.3 Å². The number of hydrogen-bond acceptors (Lipinski definition) is 4. The molecule has 1 heterocycles. The van der Waals surface area contributed by atoms with E-state index in [1.165, 1.54) is 0 Å². The summed E-state index contributed by atoms with van der Waals surface area (Å²) in [6, 6.07) is 0. The molecule has 0 atom stereocenters. The molecule has 0 aliphatic heterocycles. The van der Waals surface area contributed by atoms with Crippen molar-refractivity contribution in [3.05, 3.63) is 10.7 Å². The zero-order valence-electron chi connectivity index (χ0n) is 11.8. The maximum absolute atomic E-state index is 5.22. The SMILES string of the molecule is COc1nc(N(CC(C)C)CC(C)C)ncc1Br. The molecule has 5 heteroatoms. The van der Waals surface area contributed by atoms with Crippen LogP contribution in [-0.2, 0) is 0 Å². The topological polar surface area (TPSA) is 38.2 Å². The van der Waals surface area contributed by atoms with E-state index in [1.807, 2.05) is 0 Å². The first kappa shape index (κ1) is 15.2. The normalized spacial score (nSPS) is 11.1. The van der Waals surface area contributed by atoms with Crippen molar-refractivity contribution in [1.29, 1.82) is 0 Å². The fraction of sp³-hybridized carbons (Fsp3) is 0.692. The number of halogens is 1. The molecular formula is C13H22BrN3O. The second-order valence-corrected chi connectivity index (χ2v) is 6.07. The van der Waals surface area contributed by atoms with Crippen LogP contribution >= 0.6 is 15.9 Å². The average Bonchev–Trinajstić information content (AvgIpc) is 2.27. The highest BCUT2D eigenvalue weighted by Gasteiger charge is 2.15. The van der Waals surface area contributed by atoms with Crippen molar-refractivity contribution in [2.45, 2.75) is 27.7 Å². The number of ether oxygens (including phenoxy) is 1. The third kappa shape index (κ3) is 4.44. The molecule has 102 valence electrons. The lowest BCUT2D eigenvalue weighted by atomic mass is 10.1. The van der Waals surface area contributed by atoms with Crippen molar-refractivity contribution in [1.82, 2.24) is 9.97 Å². The van der Waals surface area contributed by atoms with Gasteiger partial charge in [0, 0.05) is 13.1 Å². The summed E-state index contributed by atoms with van der Waals surface area (Å²) in [6.45, 7) is 10.7. The Labute approximate surface area is 118 Å². The second-order valence-electron chi connectivity index (χ2n) is 5.22. The summed E-state index contributed by atoms with van der Waals surface area (Å²) in [7, 11) is 1.62. The van der Waals surface area contributed by atoms with Gasteiger partial charge in [-0.3, -0.25) is 0 Å². The molecule has 0 aliphatic carbocycles. The molecule has 1 aromatic rings. The van der Waals surface area contributed by atoms with Gasteiger partial charge in [-0.2, -0.15) is 4.98 Å². The van der Waals surface area contributed by atoms with Gasteiger partial charge in [0.2, 0.25) is 11.8 Å². The van der Waals surface area contributed by atoms with Crippen molar-refractivity contribution in [3.8, 4) is 5.88 Å². The Hall–Kier alpha value is -0.840. The van der Waals surface area contributed by atoms with Gasteiger partial charge in [-0.05, 0) is 27.8 Å². The van der Waals surface area contributed by atoms with Crippen LogP contribution in [0.2, 0.25) is 0 Å². The highest BCUT2D eigenvalue weighted by molar-refractivity contribution is 9.10. The van der Waals surface area contributed by atoms with E-state index in [9.17, 15) is 0 Å². The van der Waals surface area contributed by atoms with Crippen LogP contribution in [0.3, 0.4) is 0 Å². The smallest absolute Gasteiger partial charge is 0.232 e. The molecule has 0 spiro atoms. The zero-order valence-corrected chi connectivity index (χ0v) is 13.4. The summed E-state index contributed by atoms with van der Waals surface area (Å²) < 4.78 is 6.00. The summed E-state index contributed by atoms with van der Waals surface area (Å²) >= 11 is 3.37. The molecule has 0 fully saturated rings. The molecule has 0 unspecified atom stereocenters. The Kier molecular flexibility index (Phi) is 5.85. The van der Waals surface area contributed by atoms with E-state index in [0.29, 0.717) is 17.7 Å². The minimum Gasteiger partial charge on any atom is -0.480 e. The molecule has 1 rings (SSSR count). The molecule has 0 radical (unpaired) electrons. The molecule has 0 amide bonds. The van der Waals surface area contributed by atoms with Gasteiger partial charge in [-0.1, -0.05) is 27.7 Å². The highest BCUT2D eigenvalue weighted by Crippen LogP contribution is 2.24. The van der Waals surface area contributed by atoms with E-state index < -0.39 is 0 Å². The Balaban J connectivity index is 2.96. The summed E-state index contributed by atoms with van der Waals surface area (Å²) in [5.74, 6) is 2.46. The molecule has 0 aliphatic rings. The van der Waals surface area contributed by atoms with Gasteiger partial charge in [-0.25, -0.2) is 4.98 Å². The highest BCUT2D eigenvalue weighted by atomic mass is 79.9. The van der Waals surface area contributed by atoms with Crippen molar-refractivity contribution in [2.75, 3.05) is 25.1 Å². The molecule has 0 bridgehead atoms. The van der Waals surface area contributed by atoms with Crippen LogP contribution in [0.25, 0.3) is 0 Å². The molecule has 0 saturated heterocycles. The number of anilines is 1. The molecular weight excluding hydrogens is 294 g/mol. The Morgan fingerprint density at radius 3 is 2.22 bits per heavy atom.